The third kappa shape index (κ3) is 2.34. The van der Waals surface area contributed by atoms with E-state index in [0.29, 0.717) is 17.9 Å². The summed E-state index contributed by atoms with van der Waals surface area (Å²) in [5, 5.41) is 0. The molecule has 0 saturated heterocycles. The number of nitrogens with two attached hydrogens (primary N) is 1. The van der Waals surface area contributed by atoms with Crippen LogP contribution < -0.4 is 10.6 Å². The molecule has 0 saturated carbocycles. The molecule has 5 nitrogen and oxygen atoms in total. The Balaban J connectivity index is 2.28. The Morgan fingerprint density at radius 3 is 2.56 bits per heavy atom. The normalized spacial score (nSPS) is 10.3. The minimum absolute atomic E-state index is 0.108. The van der Waals surface area contributed by atoms with Gasteiger partial charge in [-0.3, -0.25) is 4.79 Å². The number of imidazole rings is 1. The van der Waals surface area contributed by atoms with Gasteiger partial charge in [0.05, 0.1) is 6.33 Å². The van der Waals surface area contributed by atoms with Crippen molar-refractivity contribution in [2.24, 2.45) is 7.05 Å². The van der Waals surface area contributed by atoms with Gasteiger partial charge < -0.3 is 15.2 Å². The predicted octanol–water partition coefficient (Wildman–Crippen LogP) is 1.67. The number of nitrogen functional groups attached to an aromatic ring is 1. The predicted molar refractivity (Wildman–Crippen MR) is 71.4 cm³/mol. The maximum absolute atomic E-state index is 12.3. The first-order valence-electron chi connectivity index (χ1n) is 5.77. The van der Waals surface area contributed by atoms with Crippen LogP contribution in [0.4, 0.5) is 11.4 Å². The van der Waals surface area contributed by atoms with Crippen molar-refractivity contribution in [3.8, 4) is 0 Å². The van der Waals surface area contributed by atoms with E-state index in [1.807, 2.05) is 26.1 Å². The number of aryl methyl sites for hydroxylation is 1. The number of rotatable bonds is 3. The van der Waals surface area contributed by atoms with Gasteiger partial charge in [0.15, 0.2) is 0 Å². The van der Waals surface area contributed by atoms with Gasteiger partial charge in [0.2, 0.25) is 0 Å². The molecular weight excluding hydrogens is 228 g/mol. The number of anilines is 2. The highest BCUT2D eigenvalue weighted by molar-refractivity contribution is 6.04. The molecule has 1 aromatic carbocycles. The molecule has 0 fully saturated rings. The molecule has 5 heteroatoms. The highest BCUT2D eigenvalue weighted by Gasteiger charge is 2.17. The Bertz CT molecular complexity index is 544. The summed E-state index contributed by atoms with van der Waals surface area (Å²) >= 11 is 0. The number of hydrogen-bond acceptors (Lipinski definition) is 3. The van der Waals surface area contributed by atoms with Crippen molar-refractivity contribution in [1.29, 1.82) is 0 Å². The zero-order valence-electron chi connectivity index (χ0n) is 10.5. The summed E-state index contributed by atoms with van der Waals surface area (Å²) in [6.45, 7) is 2.51. The van der Waals surface area contributed by atoms with Crippen LogP contribution >= 0.6 is 0 Å². The molecule has 0 aliphatic heterocycles. The summed E-state index contributed by atoms with van der Waals surface area (Å²) in [7, 11) is 1.84. The molecule has 0 radical (unpaired) electrons. The fraction of sp³-hybridized carbons (Fsp3) is 0.231. The minimum Gasteiger partial charge on any atom is -0.399 e. The number of amides is 1. The van der Waals surface area contributed by atoms with Crippen LogP contribution in [0.15, 0.2) is 36.8 Å². The number of carbonyl (C=O) groups is 1. The molecule has 1 amide bonds. The van der Waals surface area contributed by atoms with E-state index in [2.05, 4.69) is 4.98 Å². The largest absolute Gasteiger partial charge is 0.399 e. The van der Waals surface area contributed by atoms with Gasteiger partial charge in [-0.15, -0.1) is 0 Å². The van der Waals surface area contributed by atoms with E-state index in [-0.39, 0.29) is 5.91 Å². The summed E-state index contributed by atoms with van der Waals surface area (Å²) in [5.74, 6) is -0.108. The number of nitrogens with zero attached hydrogens (tertiary/aromatic N) is 3. The number of hydrogen-bond donors (Lipinski definition) is 1. The molecule has 2 N–H and O–H groups in total. The Kier molecular flexibility index (Phi) is 3.32. The molecular formula is C13H16N4O. The summed E-state index contributed by atoms with van der Waals surface area (Å²) in [6, 6.07) is 7.23. The van der Waals surface area contributed by atoms with Crippen LogP contribution in [0.2, 0.25) is 0 Å². The SMILES string of the molecule is CCN(C(=O)c1cn(C)cn1)c1ccc(N)cc1. The Hall–Kier alpha value is -2.30. The zero-order valence-corrected chi connectivity index (χ0v) is 10.5. The van der Waals surface area contributed by atoms with E-state index >= 15 is 0 Å². The Morgan fingerprint density at radius 2 is 2.06 bits per heavy atom. The standard InChI is InChI=1S/C13H16N4O/c1-3-17(11-6-4-10(14)5-7-11)13(18)12-8-16(2)9-15-12/h4-9H,3,14H2,1-2H3. The van der Waals surface area contributed by atoms with Crippen molar-refractivity contribution in [1.82, 2.24) is 9.55 Å². The molecule has 0 bridgehead atoms. The van der Waals surface area contributed by atoms with Crippen LogP contribution in [0.25, 0.3) is 0 Å². The third-order valence-corrected chi connectivity index (χ3v) is 2.69. The van der Waals surface area contributed by atoms with Crippen molar-refractivity contribution in [3.05, 3.63) is 42.5 Å². The van der Waals surface area contributed by atoms with E-state index < -0.39 is 0 Å². The summed E-state index contributed by atoms with van der Waals surface area (Å²) in [6.07, 6.45) is 3.33. The first kappa shape index (κ1) is 12.2. The van der Waals surface area contributed by atoms with Crippen LogP contribution in [0.5, 0.6) is 0 Å². The summed E-state index contributed by atoms with van der Waals surface area (Å²) in [5.41, 5.74) is 7.58. The molecule has 0 aliphatic carbocycles. The number of carbonyl (C=O) groups excluding carboxylic acids is 1. The fourth-order valence-electron chi connectivity index (χ4n) is 1.76. The highest BCUT2D eigenvalue weighted by Crippen LogP contribution is 2.18. The molecule has 0 unspecified atom stereocenters. The molecule has 0 spiro atoms. The van der Waals surface area contributed by atoms with Crippen LogP contribution in [-0.2, 0) is 7.05 Å². The van der Waals surface area contributed by atoms with Gasteiger partial charge in [0, 0.05) is 31.2 Å². The van der Waals surface area contributed by atoms with Gasteiger partial charge in [0.1, 0.15) is 5.69 Å². The Morgan fingerprint density at radius 1 is 1.39 bits per heavy atom. The summed E-state index contributed by atoms with van der Waals surface area (Å²) in [4.78, 5) is 18.0. The maximum atomic E-state index is 12.3. The fourth-order valence-corrected chi connectivity index (χ4v) is 1.76. The average Bonchev–Trinajstić information content (AvgIpc) is 2.79. The van der Waals surface area contributed by atoms with Gasteiger partial charge >= 0.3 is 0 Å². The first-order valence-corrected chi connectivity index (χ1v) is 5.77. The second-order valence-corrected chi connectivity index (χ2v) is 4.07. The summed E-state index contributed by atoms with van der Waals surface area (Å²) < 4.78 is 1.75. The molecule has 0 atom stereocenters. The lowest BCUT2D eigenvalue weighted by Crippen LogP contribution is -2.30. The van der Waals surface area contributed by atoms with Crippen molar-refractivity contribution in [2.75, 3.05) is 17.2 Å². The average molecular weight is 244 g/mol. The van der Waals surface area contributed by atoms with E-state index in [1.165, 1.54) is 0 Å². The molecule has 18 heavy (non-hydrogen) atoms. The third-order valence-electron chi connectivity index (χ3n) is 2.69. The molecule has 94 valence electrons. The molecule has 1 heterocycles. The molecule has 0 aliphatic rings. The zero-order chi connectivity index (χ0) is 13.1. The molecule has 2 rings (SSSR count). The van der Waals surface area contributed by atoms with Crippen molar-refractivity contribution < 1.29 is 4.79 Å². The van der Waals surface area contributed by atoms with Gasteiger partial charge in [-0.2, -0.15) is 0 Å². The second kappa shape index (κ2) is 4.91. The van der Waals surface area contributed by atoms with Gasteiger partial charge in [-0.1, -0.05) is 0 Å². The van der Waals surface area contributed by atoms with Crippen LogP contribution in [0.3, 0.4) is 0 Å². The van der Waals surface area contributed by atoms with Crippen LogP contribution in [-0.4, -0.2) is 22.0 Å². The molecule has 1 aromatic heterocycles. The van der Waals surface area contributed by atoms with Crippen LogP contribution in [0, 0.1) is 0 Å². The lowest BCUT2D eigenvalue weighted by Gasteiger charge is -2.20. The minimum atomic E-state index is -0.108. The quantitative estimate of drug-likeness (QED) is 0.835. The number of benzene rings is 1. The van der Waals surface area contributed by atoms with Gasteiger partial charge in [-0.25, -0.2) is 4.98 Å². The Labute approximate surface area is 106 Å². The van der Waals surface area contributed by atoms with Gasteiger partial charge in [0.25, 0.3) is 5.91 Å². The van der Waals surface area contributed by atoms with E-state index in [1.54, 1.807) is 34.1 Å². The van der Waals surface area contributed by atoms with E-state index in [4.69, 9.17) is 5.73 Å². The van der Waals surface area contributed by atoms with Gasteiger partial charge in [-0.05, 0) is 31.2 Å². The molecule has 2 aromatic rings. The van der Waals surface area contributed by atoms with E-state index in [0.717, 1.165) is 5.69 Å². The van der Waals surface area contributed by atoms with Crippen molar-refractivity contribution in [3.63, 3.8) is 0 Å². The smallest absolute Gasteiger partial charge is 0.278 e. The second-order valence-electron chi connectivity index (χ2n) is 4.07. The topological polar surface area (TPSA) is 64.2 Å². The highest BCUT2D eigenvalue weighted by atomic mass is 16.2. The lowest BCUT2D eigenvalue weighted by atomic mass is 10.2. The van der Waals surface area contributed by atoms with Crippen molar-refractivity contribution in [2.45, 2.75) is 6.92 Å². The van der Waals surface area contributed by atoms with E-state index in [9.17, 15) is 4.79 Å². The van der Waals surface area contributed by atoms with Crippen LogP contribution in [0.1, 0.15) is 17.4 Å². The first-order chi connectivity index (χ1) is 8.61. The van der Waals surface area contributed by atoms with Crippen molar-refractivity contribution >= 4 is 17.3 Å². The number of aromatic nitrogens is 2. The monoisotopic (exact) mass is 244 g/mol. The lowest BCUT2D eigenvalue weighted by molar-refractivity contribution is 0.0984. The maximum Gasteiger partial charge on any atom is 0.278 e.